The van der Waals surface area contributed by atoms with Crippen molar-refractivity contribution >= 4 is 5.91 Å². The molecule has 0 bridgehead atoms. The van der Waals surface area contributed by atoms with E-state index in [1.165, 1.54) is 16.9 Å². The van der Waals surface area contributed by atoms with E-state index in [0.717, 1.165) is 22.9 Å². The molecular weight excluding hydrogens is 494 g/mol. The largest absolute Gasteiger partial charge is 0.502 e. The van der Waals surface area contributed by atoms with Gasteiger partial charge in [0, 0.05) is 48.7 Å². The van der Waals surface area contributed by atoms with Crippen molar-refractivity contribution in [1.82, 2.24) is 14.1 Å². The predicted molar refractivity (Wildman–Crippen MR) is 134 cm³/mol. The average Bonchev–Trinajstić information content (AvgIpc) is 3.24. The number of benzene rings is 2. The maximum atomic E-state index is 15.7. The summed E-state index contributed by atoms with van der Waals surface area (Å²) in [5.41, 5.74) is 2.59. The first-order chi connectivity index (χ1) is 18.4. The second-order valence-electron chi connectivity index (χ2n) is 9.66. The molecule has 1 N–H and O–H groups in total. The highest BCUT2D eigenvalue weighted by molar-refractivity contribution is 5.97. The zero-order valence-corrected chi connectivity index (χ0v) is 20.3. The number of nitrogens with zero attached hydrogens (tertiary/aromatic N) is 4. The van der Waals surface area contributed by atoms with Crippen LogP contribution in [0, 0.1) is 11.6 Å². The highest BCUT2D eigenvalue weighted by Crippen LogP contribution is 2.49. The summed E-state index contributed by atoms with van der Waals surface area (Å²) < 4.78 is 39.6. The number of amides is 1. The Morgan fingerprint density at radius 3 is 2.61 bits per heavy atom. The van der Waals surface area contributed by atoms with E-state index in [4.69, 9.17) is 4.74 Å². The Balaban J connectivity index is 1.60. The molecule has 0 unspecified atom stereocenters. The number of aryl methyl sites for hydroxylation is 1. The minimum atomic E-state index is -0.972. The normalized spacial score (nSPS) is 19.7. The molecule has 38 heavy (non-hydrogen) atoms. The summed E-state index contributed by atoms with van der Waals surface area (Å²) in [6.07, 6.45) is 2.59. The number of ether oxygens (including phenoxy) is 1. The molecule has 8 nitrogen and oxygen atoms in total. The van der Waals surface area contributed by atoms with Crippen LogP contribution in [0.15, 0.2) is 65.7 Å². The van der Waals surface area contributed by atoms with E-state index >= 15 is 4.39 Å². The number of hydrogen-bond acceptors (Lipinski definition) is 5. The molecule has 1 amide bonds. The Bertz CT molecular complexity index is 1710. The van der Waals surface area contributed by atoms with Gasteiger partial charge in [0.1, 0.15) is 6.17 Å². The molecular formula is C28H22F2N4O4. The molecule has 4 aromatic rings. The molecule has 3 aliphatic rings. The number of halogens is 2. The number of morpholine rings is 1. The van der Waals surface area contributed by atoms with Crippen LogP contribution in [0.1, 0.15) is 27.7 Å². The van der Waals surface area contributed by atoms with Gasteiger partial charge in [0.2, 0.25) is 5.43 Å². The van der Waals surface area contributed by atoms with Gasteiger partial charge in [-0.05, 0) is 23.3 Å². The second kappa shape index (κ2) is 8.03. The summed E-state index contributed by atoms with van der Waals surface area (Å²) in [6, 6.07) is 12.5. The van der Waals surface area contributed by atoms with Crippen molar-refractivity contribution in [2.75, 3.05) is 24.8 Å². The van der Waals surface area contributed by atoms with Crippen molar-refractivity contribution in [2.45, 2.75) is 12.2 Å². The molecule has 0 spiro atoms. The van der Waals surface area contributed by atoms with E-state index < -0.39 is 40.9 Å². The van der Waals surface area contributed by atoms with Crippen LogP contribution in [0.3, 0.4) is 0 Å². The number of pyridine rings is 1. The minimum Gasteiger partial charge on any atom is -0.502 e. The SMILES string of the molecule is Cn1ccc2c1-c1ccccc1[C@@H](N1[C@@H]3COCCN3C(=O)c3c(O)c(=O)ccn31)c1ccc(F)c(F)c1-2. The quantitative estimate of drug-likeness (QED) is 0.420. The highest BCUT2D eigenvalue weighted by atomic mass is 19.2. The lowest BCUT2D eigenvalue weighted by molar-refractivity contribution is -0.0196. The Morgan fingerprint density at radius 1 is 0.947 bits per heavy atom. The van der Waals surface area contributed by atoms with E-state index in [0.29, 0.717) is 11.1 Å². The maximum Gasteiger partial charge on any atom is 0.278 e. The zero-order valence-electron chi connectivity index (χ0n) is 20.3. The van der Waals surface area contributed by atoms with Crippen LogP contribution in [-0.4, -0.2) is 51.1 Å². The molecule has 192 valence electrons. The number of fused-ring (bicyclic) bond motifs is 7. The van der Waals surface area contributed by atoms with Crippen LogP contribution in [0.4, 0.5) is 8.78 Å². The van der Waals surface area contributed by atoms with Crippen molar-refractivity contribution in [3.05, 3.63) is 99.6 Å². The fraction of sp³-hybridized carbons (Fsp3) is 0.214. The molecule has 1 fully saturated rings. The molecule has 1 aliphatic carbocycles. The zero-order chi connectivity index (χ0) is 26.3. The summed E-state index contributed by atoms with van der Waals surface area (Å²) in [5.74, 6) is -3.11. The number of aromatic nitrogens is 2. The smallest absolute Gasteiger partial charge is 0.278 e. The molecule has 2 aromatic heterocycles. The standard InChI is InChI=1S/C28H22F2N4O4/c1-31-10-8-18-22-17(6-7-19(29)23(22)30)25(16-5-3-2-4-15(16)24(18)31)34-21-14-38-13-12-32(21)28(37)26-27(36)20(35)9-11-33(26)34/h2-11,21,25,36H,12-14H2,1H3/t21-,25-/m1/s1. The monoisotopic (exact) mass is 516 g/mol. The van der Waals surface area contributed by atoms with Crippen molar-refractivity contribution in [3.63, 3.8) is 0 Å². The van der Waals surface area contributed by atoms with Crippen molar-refractivity contribution in [1.29, 1.82) is 0 Å². The molecule has 2 atom stereocenters. The molecule has 4 heterocycles. The summed E-state index contributed by atoms with van der Waals surface area (Å²) in [5, 5.41) is 12.6. The summed E-state index contributed by atoms with van der Waals surface area (Å²) in [6.45, 7) is 0.668. The van der Waals surface area contributed by atoms with Crippen LogP contribution in [-0.2, 0) is 11.8 Å². The van der Waals surface area contributed by atoms with Gasteiger partial charge in [0.25, 0.3) is 5.91 Å². The van der Waals surface area contributed by atoms with Gasteiger partial charge < -0.3 is 19.3 Å². The van der Waals surface area contributed by atoms with Crippen LogP contribution in [0.2, 0.25) is 0 Å². The third-order valence-electron chi connectivity index (χ3n) is 7.71. The van der Waals surface area contributed by atoms with Crippen LogP contribution >= 0.6 is 0 Å². The van der Waals surface area contributed by atoms with E-state index in [1.807, 2.05) is 47.1 Å². The van der Waals surface area contributed by atoms with Crippen LogP contribution < -0.4 is 10.4 Å². The Morgan fingerprint density at radius 2 is 1.76 bits per heavy atom. The van der Waals surface area contributed by atoms with Crippen molar-refractivity contribution in [2.24, 2.45) is 7.05 Å². The lowest BCUT2D eigenvalue weighted by Crippen LogP contribution is -2.66. The molecule has 10 heteroatoms. The summed E-state index contributed by atoms with van der Waals surface area (Å²) in [4.78, 5) is 27.5. The Kier molecular flexibility index (Phi) is 4.80. The van der Waals surface area contributed by atoms with E-state index in [-0.39, 0.29) is 31.0 Å². The van der Waals surface area contributed by atoms with E-state index in [1.54, 1.807) is 17.0 Å². The number of carbonyl (C=O) groups excluding carboxylic acids is 1. The first kappa shape index (κ1) is 22.7. The summed E-state index contributed by atoms with van der Waals surface area (Å²) in [7, 11) is 1.85. The van der Waals surface area contributed by atoms with Gasteiger partial charge in [-0.25, -0.2) is 8.78 Å². The fourth-order valence-corrected chi connectivity index (χ4v) is 6.07. The Hall–Kier alpha value is -4.44. The third kappa shape index (κ3) is 2.91. The van der Waals surface area contributed by atoms with Crippen LogP contribution in [0.5, 0.6) is 5.75 Å². The molecule has 2 aromatic carbocycles. The average molecular weight is 517 g/mol. The molecule has 0 saturated carbocycles. The van der Waals surface area contributed by atoms with Gasteiger partial charge in [-0.1, -0.05) is 30.3 Å². The molecule has 7 rings (SSSR count). The topological polar surface area (TPSA) is 79.9 Å². The number of rotatable bonds is 1. The number of carbonyl (C=O) groups is 1. The number of aromatic hydroxyl groups is 1. The van der Waals surface area contributed by atoms with Gasteiger partial charge in [0.05, 0.1) is 24.9 Å². The fourth-order valence-electron chi connectivity index (χ4n) is 6.07. The van der Waals surface area contributed by atoms with Crippen LogP contribution in [0.25, 0.3) is 22.4 Å². The van der Waals surface area contributed by atoms with Crippen molar-refractivity contribution in [3.8, 4) is 28.1 Å². The van der Waals surface area contributed by atoms with Crippen molar-refractivity contribution < 1.29 is 23.4 Å². The molecule has 2 aliphatic heterocycles. The summed E-state index contributed by atoms with van der Waals surface area (Å²) >= 11 is 0. The van der Waals surface area contributed by atoms with E-state index in [2.05, 4.69) is 0 Å². The lowest BCUT2D eigenvalue weighted by Gasteiger charge is -2.51. The first-order valence-corrected chi connectivity index (χ1v) is 12.2. The van der Waals surface area contributed by atoms with Gasteiger partial charge >= 0.3 is 0 Å². The minimum absolute atomic E-state index is 0.119. The molecule has 1 saturated heterocycles. The molecule has 0 radical (unpaired) electrons. The maximum absolute atomic E-state index is 15.7. The van der Waals surface area contributed by atoms with Gasteiger partial charge in [-0.2, -0.15) is 0 Å². The third-order valence-corrected chi connectivity index (χ3v) is 7.71. The van der Waals surface area contributed by atoms with E-state index in [9.17, 15) is 19.1 Å². The highest BCUT2D eigenvalue weighted by Gasteiger charge is 2.46. The van der Waals surface area contributed by atoms with Gasteiger partial charge in [0.15, 0.2) is 23.1 Å². The Labute approximate surface area is 215 Å². The predicted octanol–water partition coefficient (Wildman–Crippen LogP) is 3.36. The van der Waals surface area contributed by atoms with Gasteiger partial charge in [-0.3, -0.25) is 19.3 Å². The number of hydrogen-bond donors (Lipinski definition) is 1. The lowest BCUT2D eigenvalue weighted by atomic mass is 9.91. The first-order valence-electron chi connectivity index (χ1n) is 12.2. The van der Waals surface area contributed by atoms with Gasteiger partial charge in [-0.15, -0.1) is 0 Å². The second-order valence-corrected chi connectivity index (χ2v) is 9.66.